The second kappa shape index (κ2) is 6.14. The minimum Gasteiger partial charge on any atom is -0.368 e. The first kappa shape index (κ1) is 13.3. The Bertz CT molecular complexity index is 376. The van der Waals surface area contributed by atoms with Crippen LogP contribution >= 0.6 is 0 Å². The molecule has 1 N–H and O–H groups in total. The Labute approximate surface area is 110 Å². The summed E-state index contributed by atoms with van der Waals surface area (Å²) in [6.07, 6.45) is 5.40. The van der Waals surface area contributed by atoms with E-state index in [0.29, 0.717) is 12.0 Å². The maximum Gasteiger partial charge on any atom is 0.129 e. The molecular formula is C14H24N4. The van der Waals surface area contributed by atoms with Crippen LogP contribution < -0.4 is 5.32 Å². The van der Waals surface area contributed by atoms with Crippen molar-refractivity contribution in [2.75, 3.05) is 25.5 Å². The van der Waals surface area contributed by atoms with Crippen molar-refractivity contribution in [3.8, 4) is 0 Å². The summed E-state index contributed by atoms with van der Waals surface area (Å²) in [5, 5.41) is 3.44. The van der Waals surface area contributed by atoms with E-state index < -0.39 is 0 Å². The Balaban J connectivity index is 1.90. The summed E-state index contributed by atoms with van der Waals surface area (Å²) >= 11 is 0. The monoisotopic (exact) mass is 248 g/mol. The van der Waals surface area contributed by atoms with Gasteiger partial charge in [0.05, 0.1) is 0 Å². The molecule has 1 saturated carbocycles. The minimum atomic E-state index is 0.564. The average Bonchev–Trinajstić information content (AvgIpc) is 3.24. The molecule has 0 radical (unpaired) electrons. The van der Waals surface area contributed by atoms with Crippen molar-refractivity contribution in [1.82, 2.24) is 14.9 Å². The Morgan fingerprint density at radius 2 is 2.17 bits per heavy atom. The Hall–Kier alpha value is -1.16. The van der Waals surface area contributed by atoms with Crippen molar-refractivity contribution in [3.63, 3.8) is 0 Å². The first-order chi connectivity index (χ1) is 8.74. The molecule has 1 fully saturated rings. The smallest absolute Gasteiger partial charge is 0.129 e. The summed E-state index contributed by atoms with van der Waals surface area (Å²) in [4.78, 5) is 11.0. The first-order valence-electron chi connectivity index (χ1n) is 7.00. The largest absolute Gasteiger partial charge is 0.368 e. The Morgan fingerprint density at radius 1 is 1.39 bits per heavy atom. The number of rotatable bonds is 7. The van der Waals surface area contributed by atoms with Crippen LogP contribution in [0.4, 0.5) is 5.82 Å². The predicted octanol–water partition coefficient (Wildman–Crippen LogP) is 2.50. The van der Waals surface area contributed by atoms with Gasteiger partial charge in [-0.15, -0.1) is 0 Å². The molecule has 4 nitrogen and oxygen atoms in total. The van der Waals surface area contributed by atoms with Gasteiger partial charge in [-0.1, -0.05) is 13.8 Å². The molecule has 1 aromatic heterocycles. The molecular weight excluding hydrogens is 224 g/mol. The third-order valence-electron chi connectivity index (χ3n) is 3.80. The molecule has 0 unspecified atom stereocenters. The molecule has 0 bridgehead atoms. The summed E-state index contributed by atoms with van der Waals surface area (Å²) in [5.41, 5.74) is 1.20. The third-order valence-corrected chi connectivity index (χ3v) is 3.80. The number of hydrogen-bond donors (Lipinski definition) is 1. The van der Waals surface area contributed by atoms with Crippen LogP contribution in [0.3, 0.4) is 0 Å². The van der Waals surface area contributed by atoms with Crippen LogP contribution in [0.15, 0.2) is 12.4 Å². The van der Waals surface area contributed by atoms with Gasteiger partial charge in [0.15, 0.2) is 0 Å². The lowest BCUT2D eigenvalue weighted by molar-refractivity contribution is 0.257. The van der Waals surface area contributed by atoms with Crippen LogP contribution in [0.1, 0.15) is 44.7 Å². The van der Waals surface area contributed by atoms with Gasteiger partial charge in [-0.3, -0.25) is 0 Å². The van der Waals surface area contributed by atoms with Crippen molar-refractivity contribution < 1.29 is 0 Å². The van der Waals surface area contributed by atoms with E-state index in [-0.39, 0.29) is 0 Å². The van der Waals surface area contributed by atoms with E-state index in [0.717, 1.165) is 25.3 Å². The van der Waals surface area contributed by atoms with Gasteiger partial charge < -0.3 is 10.2 Å². The zero-order chi connectivity index (χ0) is 13.0. The number of hydrogen-bond acceptors (Lipinski definition) is 4. The first-order valence-corrected chi connectivity index (χ1v) is 7.00. The van der Waals surface area contributed by atoms with Crippen LogP contribution in [0.5, 0.6) is 0 Å². The Kier molecular flexibility index (Phi) is 4.53. The summed E-state index contributed by atoms with van der Waals surface area (Å²) in [5.74, 6) is 1.66. The highest BCUT2D eigenvalue weighted by atomic mass is 15.2. The highest BCUT2D eigenvalue weighted by molar-refractivity contribution is 5.36. The van der Waals surface area contributed by atoms with Gasteiger partial charge in [-0.2, -0.15) is 0 Å². The average molecular weight is 248 g/mol. The van der Waals surface area contributed by atoms with E-state index >= 15 is 0 Å². The fourth-order valence-corrected chi connectivity index (χ4v) is 2.16. The summed E-state index contributed by atoms with van der Waals surface area (Å²) in [7, 11) is 2.17. The predicted molar refractivity (Wildman–Crippen MR) is 74.9 cm³/mol. The van der Waals surface area contributed by atoms with Crippen molar-refractivity contribution in [1.29, 1.82) is 0 Å². The molecule has 0 aliphatic heterocycles. The molecule has 100 valence electrons. The molecule has 0 aromatic carbocycles. The molecule has 0 amide bonds. The Morgan fingerprint density at radius 3 is 2.78 bits per heavy atom. The summed E-state index contributed by atoms with van der Waals surface area (Å²) in [6, 6.07) is 2.67. The molecule has 1 heterocycles. The lowest BCUT2D eigenvalue weighted by Gasteiger charge is -2.26. The van der Waals surface area contributed by atoms with E-state index in [9.17, 15) is 0 Å². The summed E-state index contributed by atoms with van der Waals surface area (Å²) < 4.78 is 0. The van der Waals surface area contributed by atoms with Crippen molar-refractivity contribution >= 4 is 5.82 Å². The summed E-state index contributed by atoms with van der Waals surface area (Å²) in [6.45, 7) is 6.45. The zero-order valence-electron chi connectivity index (χ0n) is 11.7. The van der Waals surface area contributed by atoms with Crippen molar-refractivity contribution in [2.45, 2.75) is 45.1 Å². The fourth-order valence-electron chi connectivity index (χ4n) is 2.16. The zero-order valence-corrected chi connectivity index (χ0v) is 11.7. The van der Waals surface area contributed by atoms with Gasteiger partial charge in [0.1, 0.15) is 12.1 Å². The number of aromatic nitrogens is 2. The lowest BCUT2D eigenvalue weighted by atomic mass is 10.2. The quantitative estimate of drug-likeness (QED) is 0.805. The SMILES string of the molecule is CC[C@H](CNc1cc(C2CC2)ncn1)N(C)CC. The maximum absolute atomic E-state index is 4.34. The van der Waals surface area contributed by atoms with Crippen LogP contribution in [0, 0.1) is 0 Å². The standard InChI is InChI=1S/C14H24N4/c1-4-12(18(3)5-2)9-15-14-8-13(11-6-7-11)16-10-17-14/h8,10-12H,4-7,9H2,1-3H3,(H,15,16,17)/t12-/m1/s1. The third kappa shape index (κ3) is 3.42. The van der Waals surface area contributed by atoms with Crippen LogP contribution in [-0.2, 0) is 0 Å². The van der Waals surface area contributed by atoms with E-state index in [2.05, 4.69) is 47.1 Å². The number of anilines is 1. The highest BCUT2D eigenvalue weighted by Crippen LogP contribution is 2.39. The van der Waals surface area contributed by atoms with Gasteiger partial charge in [0.2, 0.25) is 0 Å². The van der Waals surface area contributed by atoms with E-state index in [4.69, 9.17) is 0 Å². The molecule has 1 aliphatic rings. The number of likely N-dealkylation sites (N-methyl/N-ethyl adjacent to an activating group) is 1. The molecule has 18 heavy (non-hydrogen) atoms. The van der Waals surface area contributed by atoms with Gasteiger partial charge in [0, 0.05) is 30.3 Å². The number of nitrogens with one attached hydrogen (secondary N) is 1. The van der Waals surface area contributed by atoms with Crippen molar-refractivity contribution in [2.24, 2.45) is 0 Å². The second-order valence-electron chi connectivity index (χ2n) is 5.12. The number of nitrogens with zero attached hydrogens (tertiary/aromatic N) is 3. The van der Waals surface area contributed by atoms with Gasteiger partial charge in [-0.25, -0.2) is 9.97 Å². The van der Waals surface area contributed by atoms with Crippen LogP contribution in [0.25, 0.3) is 0 Å². The van der Waals surface area contributed by atoms with Crippen LogP contribution in [0.2, 0.25) is 0 Å². The molecule has 1 aromatic rings. The highest BCUT2D eigenvalue weighted by Gasteiger charge is 2.25. The van der Waals surface area contributed by atoms with Crippen molar-refractivity contribution in [3.05, 3.63) is 18.1 Å². The molecule has 4 heteroatoms. The molecule has 2 rings (SSSR count). The molecule has 0 saturated heterocycles. The van der Waals surface area contributed by atoms with Gasteiger partial charge in [-0.05, 0) is 32.9 Å². The van der Waals surface area contributed by atoms with E-state index in [1.165, 1.54) is 18.5 Å². The van der Waals surface area contributed by atoms with E-state index in [1.54, 1.807) is 6.33 Å². The normalized spacial score (nSPS) is 16.9. The lowest BCUT2D eigenvalue weighted by Crippen LogP contribution is -2.36. The molecule has 0 spiro atoms. The van der Waals surface area contributed by atoms with E-state index in [1.807, 2.05) is 0 Å². The molecule has 1 atom stereocenters. The topological polar surface area (TPSA) is 41.1 Å². The van der Waals surface area contributed by atoms with Crippen LogP contribution in [-0.4, -0.2) is 41.0 Å². The maximum atomic E-state index is 4.34. The second-order valence-corrected chi connectivity index (χ2v) is 5.12. The fraction of sp³-hybridized carbons (Fsp3) is 0.714. The molecule has 1 aliphatic carbocycles. The van der Waals surface area contributed by atoms with Gasteiger partial charge in [0.25, 0.3) is 0 Å². The van der Waals surface area contributed by atoms with Gasteiger partial charge >= 0.3 is 0 Å². The minimum absolute atomic E-state index is 0.564.